The number of hydrogen-bond donors (Lipinski definition) is 1. The van der Waals surface area contributed by atoms with Gasteiger partial charge in [-0.2, -0.15) is 0 Å². The van der Waals surface area contributed by atoms with Crippen LogP contribution < -0.4 is 10.1 Å². The van der Waals surface area contributed by atoms with E-state index in [-0.39, 0.29) is 5.78 Å². The molecule has 2 unspecified atom stereocenters. The monoisotopic (exact) mass is 345 g/mol. The molecular weight excluding hydrogens is 322 g/mol. The molecule has 0 saturated carbocycles. The van der Waals surface area contributed by atoms with Gasteiger partial charge < -0.3 is 10.1 Å². The van der Waals surface area contributed by atoms with Gasteiger partial charge in [-0.25, -0.2) is 0 Å². The number of ether oxygens (including phenoxy) is 1. The molecule has 3 heteroatoms. The molecule has 0 aliphatic carbocycles. The number of carbonyl (C=O) groups excluding carboxylic acids is 1. The second-order valence-corrected chi connectivity index (χ2v) is 6.26. The van der Waals surface area contributed by atoms with Crippen molar-refractivity contribution in [2.75, 3.05) is 7.05 Å². The van der Waals surface area contributed by atoms with Crippen molar-refractivity contribution >= 4 is 5.78 Å². The molecule has 0 aliphatic rings. The Morgan fingerprint density at radius 3 is 2.00 bits per heavy atom. The number of likely N-dealkylation sites (N-methyl/N-ethyl adjacent to an activating group) is 1. The van der Waals surface area contributed by atoms with Crippen molar-refractivity contribution in [1.29, 1.82) is 0 Å². The molecule has 3 rings (SSSR count). The van der Waals surface area contributed by atoms with Gasteiger partial charge in [0.2, 0.25) is 0 Å². The van der Waals surface area contributed by atoms with E-state index in [4.69, 9.17) is 4.74 Å². The van der Waals surface area contributed by atoms with E-state index in [1.807, 2.05) is 91.9 Å². The summed E-state index contributed by atoms with van der Waals surface area (Å²) in [6.45, 7) is 2.04. The summed E-state index contributed by atoms with van der Waals surface area (Å²) >= 11 is 0. The van der Waals surface area contributed by atoms with Crippen molar-refractivity contribution in [3.63, 3.8) is 0 Å². The van der Waals surface area contributed by atoms with Gasteiger partial charge in [0, 0.05) is 5.56 Å². The Bertz CT molecular complexity index is 829. The Kier molecular flexibility index (Phi) is 5.82. The lowest BCUT2D eigenvalue weighted by molar-refractivity contribution is 0.0819. The summed E-state index contributed by atoms with van der Waals surface area (Å²) in [6.07, 6.45) is -0.435. The molecule has 3 aromatic rings. The molecule has 132 valence electrons. The van der Waals surface area contributed by atoms with E-state index in [0.717, 1.165) is 11.3 Å². The first-order chi connectivity index (χ1) is 12.7. The predicted molar refractivity (Wildman–Crippen MR) is 105 cm³/mol. The van der Waals surface area contributed by atoms with Crippen LogP contribution in [0.2, 0.25) is 0 Å². The van der Waals surface area contributed by atoms with Gasteiger partial charge in [0.15, 0.2) is 5.78 Å². The number of benzene rings is 3. The number of rotatable bonds is 7. The van der Waals surface area contributed by atoms with Crippen molar-refractivity contribution in [1.82, 2.24) is 5.32 Å². The number of nitrogens with one attached hydrogen (secondary N) is 1. The van der Waals surface area contributed by atoms with E-state index < -0.39 is 12.1 Å². The normalized spacial score (nSPS) is 13.0. The largest absolute Gasteiger partial charge is 0.484 e. The van der Waals surface area contributed by atoms with Crippen LogP contribution in [0.1, 0.15) is 27.6 Å². The van der Waals surface area contributed by atoms with E-state index in [0.29, 0.717) is 5.56 Å². The van der Waals surface area contributed by atoms with Gasteiger partial charge in [-0.05, 0) is 31.7 Å². The summed E-state index contributed by atoms with van der Waals surface area (Å²) in [6, 6.07) is 26.5. The lowest BCUT2D eigenvalue weighted by Crippen LogP contribution is -2.42. The zero-order valence-corrected chi connectivity index (χ0v) is 15.1. The second kappa shape index (κ2) is 8.45. The van der Waals surface area contributed by atoms with Crippen molar-refractivity contribution in [2.24, 2.45) is 0 Å². The van der Waals surface area contributed by atoms with Crippen LogP contribution in [-0.2, 0) is 0 Å². The molecule has 2 atom stereocenters. The zero-order chi connectivity index (χ0) is 18.4. The molecule has 1 N–H and O–H groups in total. The average molecular weight is 345 g/mol. The van der Waals surface area contributed by atoms with Gasteiger partial charge in [-0.3, -0.25) is 4.79 Å². The minimum atomic E-state index is -0.500. The molecule has 0 saturated heterocycles. The number of aryl methyl sites for hydroxylation is 1. The minimum Gasteiger partial charge on any atom is -0.484 e. The topological polar surface area (TPSA) is 38.3 Å². The summed E-state index contributed by atoms with van der Waals surface area (Å²) in [5.74, 6) is 0.744. The summed E-state index contributed by atoms with van der Waals surface area (Å²) < 4.78 is 6.25. The van der Waals surface area contributed by atoms with Gasteiger partial charge in [0.05, 0.1) is 0 Å². The first-order valence-corrected chi connectivity index (χ1v) is 8.74. The maximum atomic E-state index is 13.1. The maximum absolute atomic E-state index is 13.1. The number of carbonyl (C=O) groups is 1. The van der Waals surface area contributed by atoms with Gasteiger partial charge in [0.1, 0.15) is 17.9 Å². The van der Waals surface area contributed by atoms with Crippen LogP contribution in [0.4, 0.5) is 0 Å². The molecule has 3 nitrogen and oxygen atoms in total. The quantitative estimate of drug-likeness (QED) is 0.637. The summed E-state index contributed by atoms with van der Waals surface area (Å²) in [4.78, 5) is 13.1. The lowest BCUT2D eigenvalue weighted by atomic mass is 9.94. The molecule has 3 aromatic carbocycles. The van der Waals surface area contributed by atoms with Crippen molar-refractivity contribution in [3.8, 4) is 5.75 Å². The van der Waals surface area contributed by atoms with Crippen LogP contribution in [0.25, 0.3) is 0 Å². The van der Waals surface area contributed by atoms with Crippen LogP contribution in [0.5, 0.6) is 5.75 Å². The van der Waals surface area contributed by atoms with Crippen molar-refractivity contribution in [3.05, 3.63) is 102 Å². The third-order valence-electron chi connectivity index (χ3n) is 4.37. The van der Waals surface area contributed by atoms with E-state index in [9.17, 15) is 4.79 Å². The lowest BCUT2D eigenvalue weighted by Gasteiger charge is -2.27. The van der Waals surface area contributed by atoms with E-state index >= 15 is 0 Å². The highest BCUT2D eigenvalue weighted by Crippen LogP contribution is 2.27. The highest BCUT2D eigenvalue weighted by Gasteiger charge is 2.31. The Hall–Kier alpha value is -2.91. The second-order valence-electron chi connectivity index (χ2n) is 6.26. The van der Waals surface area contributed by atoms with Gasteiger partial charge >= 0.3 is 0 Å². The summed E-state index contributed by atoms with van der Waals surface area (Å²) in [5.41, 5.74) is 2.80. The zero-order valence-electron chi connectivity index (χ0n) is 15.1. The molecule has 0 amide bonds. The first kappa shape index (κ1) is 17.9. The van der Waals surface area contributed by atoms with Crippen molar-refractivity contribution in [2.45, 2.75) is 19.1 Å². The smallest absolute Gasteiger partial charge is 0.183 e. The Morgan fingerprint density at radius 1 is 0.846 bits per heavy atom. The van der Waals surface area contributed by atoms with Crippen molar-refractivity contribution < 1.29 is 9.53 Å². The Labute approximate surface area is 154 Å². The average Bonchev–Trinajstić information content (AvgIpc) is 2.70. The minimum absolute atomic E-state index is 0.00889. The van der Waals surface area contributed by atoms with Gasteiger partial charge in [0.25, 0.3) is 0 Å². The number of hydrogen-bond acceptors (Lipinski definition) is 3. The van der Waals surface area contributed by atoms with E-state index in [1.54, 1.807) is 7.05 Å². The molecule has 0 radical (unpaired) electrons. The van der Waals surface area contributed by atoms with E-state index in [2.05, 4.69) is 5.32 Å². The number of Topliss-reactive ketones (excluding diaryl/α,β-unsaturated/α-hetero) is 1. The predicted octanol–water partition coefficient (Wildman–Crippen LogP) is 4.59. The standard InChI is InChI=1S/C23H23NO2/c1-17-13-15-19(16-14-17)23(26-20-11-7-4-8-12-20)21(24-2)22(25)18-9-5-3-6-10-18/h3-16,21,23-24H,1-2H3. The SMILES string of the molecule is CNC(C(=O)c1ccccc1)C(Oc1ccccc1)c1ccc(C)cc1. The van der Waals surface area contributed by atoms with Crippen LogP contribution in [-0.4, -0.2) is 18.9 Å². The van der Waals surface area contributed by atoms with Crippen LogP contribution in [0.3, 0.4) is 0 Å². The first-order valence-electron chi connectivity index (χ1n) is 8.74. The van der Waals surface area contributed by atoms with Gasteiger partial charge in [-0.1, -0.05) is 78.4 Å². The maximum Gasteiger partial charge on any atom is 0.183 e. The number of ketones is 1. The fourth-order valence-corrected chi connectivity index (χ4v) is 2.93. The van der Waals surface area contributed by atoms with E-state index in [1.165, 1.54) is 5.56 Å². The third-order valence-corrected chi connectivity index (χ3v) is 4.37. The summed E-state index contributed by atoms with van der Waals surface area (Å²) in [5, 5.41) is 3.16. The Morgan fingerprint density at radius 2 is 1.42 bits per heavy atom. The molecule has 0 fully saturated rings. The fourth-order valence-electron chi connectivity index (χ4n) is 2.93. The molecule has 26 heavy (non-hydrogen) atoms. The molecule has 0 heterocycles. The molecule has 0 bridgehead atoms. The highest BCUT2D eigenvalue weighted by molar-refractivity contribution is 6.00. The van der Waals surface area contributed by atoms with Gasteiger partial charge in [-0.15, -0.1) is 0 Å². The highest BCUT2D eigenvalue weighted by atomic mass is 16.5. The number of para-hydroxylation sites is 1. The molecule has 0 spiro atoms. The van der Waals surface area contributed by atoms with Crippen LogP contribution in [0, 0.1) is 6.92 Å². The summed E-state index contributed by atoms with van der Waals surface area (Å²) in [7, 11) is 1.79. The van der Waals surface area contributed by atoms with Crippen LogP contribution >= 0.6 is 0 Å². The van der Waals surface area contributed by atoms with Crippen LogP contribution in [0.15, 0.2) is 84.9 Å². The molecule has 0 aromatic heterocycles. The Balaban J connectivity index is 1.97. The fraction of sp³-hybridized carbons (Fsp3) is 0.174. The molecular formula is C23H23NO2. The third kappa shape index (κ3) is 4.19. The molecule has 0 aliphatic heterocycles.